The Morgan fingerprint density at radius 3 is 2.89 bits per heavy atom. The lowest BCUT2D eigenvalue weighted by atomic mass is 9.86. The van der Waals surface area contributed by atoms with Gasteiger partial charge < -0.3 is 10.4 Å². The Morgan fingerprint density at radius 1 is 1.37 bits per heavy atom. The number of aliphatic carboxylic acids is 1. The molecule has 0 bridgehead atoms. The van der Waals surface area contributed by atoms with Crippen LogP contribution in [0, 0.1) is 5.92 Å². The van der Waals surface area contributed by atoms with Crippen molar-refractivity contribution in [3.8, 4) is 0 Å². The first-order valence-electron chi connectivity index (χ1n) is 6.47. The second kappa shape index (κ2) is 6.60. The van der Waals surface area contributed by atoms with Crippen molar-refractivity contribution in [3.05, 3.63) is 33.8 Å². The molecule has 2 rings (SSSR count). The second-order valence-electron chi connectivity index (χ2n) is 4.99. The predicted octanol–water partition coefficient (Wildman–Crippen LogP) is 3.73. The van der Waals surface area contributed by atoms with E-state index in [0.717, 1.165) is 24.8 Å². The summed E-state index contributed by atoms with van der Waals surface area (Å²) in [5, 5.41) is 13.6. The summed E-state index contributed by atoms with van der Waals surface area (Å²) in [5.41, 5.74) is 0.951. The quantitative estimate of drug-likeness (QED) is 0.891. The fraction of sp³-hybridized carbons (Fsp3) is 0.500. The Hall–Kier alpha value is -0.770. The monoisotopic (exact) mass is 301 g/mol. The zero-order valence-corrected chi connectivity index (χ0v) is 12.0. The van der Waals surface area contributed by atoms with Crippen molar-refractivity contribution in [3.63, 3.8) is 0 Å². The van der Waals surface area contributed by atoms with Crippen molar-refractivity contribution >= 4 is 29.2 Å². The Bertz CT molecular complexity index is 465. The van der Waals surface area contributed by atoms with Gasteiger partial charge in [-0.25, -0.2) is 0 Å². The van der Waals surface area contributed by atoms with Crippen LogP contribution in [0.5, 0.6) is 0 Å². The van der Waals surface area contributed by atoms with Crippen molar-refractivity contribution < 1.29 is 9.90 Å². The highest BCUT2D eigenvalue weighted by atomic mass is 35.5. The van der Waals surface area contributed by atoms with Crippen LogP contribution in [0.4, 0.5) is 0 Å². The number of hydrogen-bond acceptors (Lipinski definition) is 2. The van der Waals surface area contributed by atoms with Crippen LogP contribution in [0.3, 0.4) is 0 Å². The maximum Gasteiger partial charge on any atom is 0.306 e. The van der Waals surface area contributed by atoms with E-state index in [1.165, 1.54) is 0 Å². The van der Waals surface area contributed by atoms with Crippen LogP contribution >= 0.6 is 23.2 Å². The van der Waals surface area contributed by atoms with E-state index in [1.807, 2.05) is 12.1 Å². The fourth-order valence-electron chi connectivity index (χ4n) is 2.54. The molecule has 2 atom stereocenters. The summed E-state index contributed by atoms with van der Waals surface area (Å²) in [6.07, 6.45) is 3.44. The van der Waals surface area contributed by atoms with Gasteiger partial charge in [0.25, 0.3) is 0 Å². The van der Waals surface area contributed by atoms with Gasteiger partial charge in [0, 0.05) is 12.6 Å². The average molecular weight is 302 g/mol. The molecule has 5 heteroatoms. The van der Waals surface area contributed by atoms with E-state index in [9.17, 15) is 4.79 Å². The van der Waals surface area contributed by atoms with E-state index < -0.39 is 5.97 Å². The first-order chi connectivity index (χ1) is 9.08. The third-order valence-corrected chi connectivity index (χ3v) is 4.49. The van der Waals surface area contributed by atoms with Crippen LogP contribution in [-0.4, -0.2) is 17.1 Å². The molecular weight excluding hydrogens is 285 g/mol. The van der Waals surface area contributed by atoms with Crippen molar-refractivity contribution in [2.24, 2.45) is 5.92 Å². The molecule has 2 N–H and O–H groups in total. The van der Waals surface area contributed by atoms with Gasteiger partial charge in [0.2, 0.25) is 0 Å². The molecule has 0 aliphatic heterocycles. The van der Waals surface area contributed by atoms with E-state index in [1.54, 1.807) is 6.07 Å². The average Bonchev–Trinajstić information content (AvgIpc) is 2.41. The van der Waals surface area contributed by atoms with Gasteiger partial charge in [-0.1, -0.05) is 41.8 Å². The minimum atomic E-state index is -0.688. The van der Waals surface area contributed by atoms with Gasteiger partial charge in [0.05, 0.1) is 16.0 Å². The number of carboxylic acid groups (broad SMARTS) is 1. The number of rotatable bonds is 4. The lowest BCUT2D eigenvalue weighted by Gasteiger charge is -2.27. The second-order valence-corrected chi connectivity index (χ2v) is 5.78. The van der Waals surface area contributed by atoms with Crippen molar-refractivity contribution in [2.75, 3.05) is 0 Å². The van der Waals surface area contributed by atoms with Gasteiger partial charge >= 0.3 is 5.97 Å². The van der Waals surface area contributed by atoms with Gasteiger partial charge in [0.1, 0.15) is 0 Å². The molecule has 0 spiro atoms. The minimum Gasteiger partial charge on any atom is -0.481 e. The summed E-state index contributed by atoms with van der Waals surface area (Å²) < 4.78 is 0. The molecule has 104 valence electrons. The lowest BCUT2D eigenvalue weighted by molar-refractivity contribution is -0.143. The molecule has 1 fully saturated rings. The van der Waals surface area contributed by atoms with Crippen LogP contribution in [0.1, 0.15) is 31.2 Å². The summed E-state index contributed by atoms with van der Waals surface area (Å²) in [5.74, 6) is -0.909. The zero-order chi connectivity index (χ0) is 13.8. The maximum absolute atomic E-state index is 11.0. The maximum atomic E-state index is 11.0. The molecule has 0 saturated heterocycles. The molecule has 3 nitrogen and oxygen atoms in total. The number of carboxylic acids is 1. The normalized spacial score (nSPS) is 23.3. The summed E-state index contributed by atoms with van der Waals surface area (Å²) in [6.45, 7) is 0.621. The minimum absolute atomic E-state index is 0.221. The van der Waals surface area contributed by atoms with E-state index in [4.69, 9.17) is 28.3 Å². The predicted molar refractivity (Wildman–Crippen MR) is 76.7 cm³/mol. The highest BCUT2D eigenvalue weighted by Gasteiger charge is 2.26. The summed E-state index contributed by atoms with van der Waals surface area (Å²) in [6, 6.07) is 5.80. The fourth-order valence-corrected chi connectivity index (χ4v) is 2.93. The summed E-state index contributed by atoms with van der Waals surface area (Å²) in [4.78, 5) is 11.0. The first-order valence-corrected chi connectivity index (χ1v) is 7.22. The topological polar surface area (TPSA) is 49.3 Å². The number of hydrogen-bond donors (Lipinski definition) is 2. The van der Waals surface area contributed by atoms with Crippen molar-refractivity contribution in [2.45, 2.75) is 38.3 Å². The molecule has 0 amide bonds. The Labute approximate surface area is 122 Å². The number of halogens is 2. The molecule has 19 heavy (non-hydrogen) atoms. The Balaban J connectivity index is 1.91. The molecule has 1 aliphatic carbocycles. The molecular formula is C14H17Cl2NO2. The van der Waals surface area contributed by atoms with Crippen molar-refractivity contribution in [1.82, 2.24) is 5.32 Å². The highest BCUT2D eigenvalue weighted by molar-refractivity contribution is 6.42. The van der Waals surface area contributed by atoms with E-state index in [-0.39, 0.29) is 12.0 Å². The van der Waals surface area contributed by atoms with Crippen LogP contribution in [0.15, 0.2) is 18.2 Å². The van der Waals surface area contributed by atoms with Gasteiger partial charge in [-0.05, 0) is 30.9 Å². The molecule has 0 aromatic heterocycles. The van der Waals surface area contributed by atoms with E-state index in [0.29, 0.717) is 23.0 Å². The number of nitrogens with one attached hydrogen (secondary N) is 1. The van der Waals surface area contributed by atoms with Gasteiger partial charge in [0.15, 0.2) is 0 Å². The summed E-state index contributed by atoms with van der Waals surface area (Å²) in [7, 11) is 0. The molecule has 1 saturated carbocycles. The smallest absolute Gasteiger partial charge is 0.306 e. The Morgan fingerprint density at radius 2 is 2.16 bits per heavy atom. The lowest BCUT2D eigenvalue weighted by Crippen LogP contribution is -2.36. The largest absolute Gasteiger partial charge is 0.481 e. The van der Waals surface area contributed by atoms with Gasteiger partial charge in [-0.3, -0.25) is 4.79 Å². The molecule has 2 unspecified atom stereocenters. The van der Waals surface area contributed by atoms with Crippen molar-refractivity contribution in [1.29, 1.82) is 0 Å². The van der Waals surface area contributed by atoms with Crippen LogP contribution < -0.4 is 5.32 Å². The standard InChI is InChI=1S/C14H17Cl2NO2/c15-12-6-2-4-10(13(12)16)8-17-11-5-1-3-9(7-11)14(18)19/h2,4,6,9,11,17H,1,3,5,7-8H2,(H,18,19). The van der Waals surface area contributed by atoms with Crippen LogP contribution in [-0.2, 0) is 11.3 Å². The summed E-state index contributed by atoms with van der Waals surface area (Å²) >= 11 is 12.1. The third-order valence-electron chi connectivity index (χ3n) is 3.64. The SMILES string of the molecule is O=C(O)C1CCCC(NCc2cccc(Cl)c2Cl)C1. The zero-order valence-electron chi connectivity index (χ0n) is 10.5. The van der Waals surface area contributed by atoms with Crippen LogP contribution in [0.25, 0.3) is 0 Å². The van der Waals surface area contributed by atoms with Gasteiger partial charge in [-0.15, -0.1) is 0 Å². The highest BCUT2D eigenvalue weighted by Crippen LogP contribution is 2.27. The molecule has 0 radical (unpaired) electrons. The third kappa shape index (κ3) is 3.85. The van der Waals surface area contributed by atoms with E-state index in [2.05, 4.69) is 5.32 Å². The Kier molecular flexibility index (Phi) is 5.08. The molecule has 1 aromatic carbocycles. The molecule has 1 aliphatic rings. The molecule has 1 aromatic rings. The number of carbonyl (C=O) groups is 1. The van der Waals surface area contributed by atoms with Crippen LogP contribution in [0.2, 0.25) is 10.0 Å². The van der Waals surface area contributed by atoms with Gasteiger partial charge in [-0.2, -0.15) is 0 Å². The van der Waals surface area contributed by atoms with E-state index >= 15 is 0 Å². The first kappa shape index (κ1) is 14.6. The number of benzene rings is 1. The molecule has 0 heterocycles.